The summed E-state index contributed by atoms with van der Waals surface area (Å²) in [6, 6.07) is 21.7. The minimum atomic E-state index is -1.17. The summed E-state index contributed by atoms with van der Waals surface area (Å²) in [7, 11) is 1.59. The number of anilines is 1. The topological polar surface area (TPSA) is 125 Å². The monoisotopic (exact) mass is 662 g/mol. The van der Waals surface area contributed by atoms with Crippen molar-refractivity contribution in [2.24, 2.45) is 5.92 Å². The van der Waals surface area contributed by atoms with Gasteiger partial charge in [-0.1, -0.05) is 87.2 Å². The lowest BCUT2D eigenvalue weighted by atomic mass is 9.84. The number of aliphatic carboxylic acids is 1. The number of carbonyl (C=O) groups excluding carboxylic acids is 1. The molecular formula is C40H46N4O5. The number of carboxylic acids is 1. The van der Waals surface area contributed by atoms with Gasteiger partial charge in [0.25, 0.3) is 0 Å². The standard InChI is InChI=1S/C40H46N4O5/c1-3-4-5-6-28-7-13-31(14-8-28)34-24-41-39(42-25-34)32-15-9-30(10-16-32)26-44(27-38(46)47)40(48)33-17-19-35(20-18-33)43-37(45)23-29-11-21-36(49-2)22-12-29/h9-13,15-22,24-25,28,40,48H,3-8,14,23,26-27H2,1-2H3,(H,43,45)(H,46,47). The molecule has 3 N–H and O–H groups in total. The molecule has 1 aliphatic carbocycles. The van der Waals surface area contributed by atoms with E-state index >= 15 is 0 Å². The number of ether oxygens (including phenoxy) is 1. The highest BCUT2D eigenvalue weighted by molar-refractivity contribution is 5.92. The van der Waals surface area contributed by atoms with Crippen molar-refractivity contribution in [2.45, 2.75) is 71.1 Å². The molecule has 1 amide bonds. The first-order valence-corrected chi connectivity index (χ1v) is 17.1. The zero-order chi connectivity index (χ0) is 34.6. The predicted octanol–water partition coefficient (Wildman–Crippen LogP) is 7.67. The van der Waals surface area contributed by atoms with Crippen LogP contribution in [-0.2, 0) is 22.6 Å². The van der Waals surface area contributed by atoms with Crippen molar-refractivity contribution >= 4 is 23.1 Å². The van der Waals surface area contributed by atoms with Gasteiger partial charge in [0.05, 0.1) is 20.1 Å². The maximum Gasteiger partial charge on any atom is 0.317 e. The molecule has 0 fully saturated rings. The van der Waals surface area contributed by atoms with Gasteiger partial charge in [0.2, 0.25) is 5.91 Å². The Balaban J connectivity index is 1.17. The Morgan fingerprint density at radius 1 is 0.939 bits per heavy atom. The van der Waals surface area contributed by atoms with Gasteiger partial charge >= 0.3 is 5.97 Å². The molecule has 49 heavy (non-hydrogen) atoms. The SMILES string of the molecule is CCCCCC1CC=C(c2cnc(-c3ccc(CN(CC(=O)O)C(O)c4ccc(NC(=O)Cc5ccc(OC)cc5)cc4)cc3)nc2)CC1. The second-order valence-electron chi connectivity index (χ2n) is 12.7. The first-order valence-electron chi connectivity index (χ1n) is 17.1. The highest BCUT2D eigenvalue weighted by atomic mass is 16.5. The average Bonchev–Trinajstić information content (AvgIpc) is 3.12. The summed E-state index contributed by atoms with van der Waals surface area (Å²) >= 11 is 0. The average molecular weight is 663 g/mol. The summed E-state index contributed by atoms with van der Waals surface area (Å²) in [5.41, 5.74) is 6.05. The zero-order valence-electron chi connectivity index (χ0n) is 28.3. The molecule has 5 rings (SSSR count). The molecule has 9 nitrogen and oxygen atoms in total. The van der Waals surface area contributed by atoms with Crippen molar-refractivity contribution in [3.8, 4) is 17.1 Å². The quantitative estimate of drug-likeness (QED) is 0.0825. The van der Waals surface area contributed by atoms with Crippen LogP contribution >= 0.6 is 0 Å². The summed E-state index contributed by atoms with van der Waals surface area (Å²) in [6.07, 6.45) is 13.8. The molecule has 3 aromatic carbocycles. The number of nitrogens with zero attached hydrogens (tertiary/aromatic N) is 3. The lowest BCUT2D eigenvalue weighted by Crippen LogP contribution is -2.33. The lowest BCUT2D eigenvalue weighted by molar-refractivity contribution is -0.142. The molecule has 2 unspecified atom stereocenters. The minimum absolute atomic E-state index is 0.177. The van der Waals surface area contributed by atoms with Crippen LogP contribution in [0, 0.1) is 5.92 Å². The highest BCUT2D eigenvalue weighted by Crippen LogP contribution is 2.33. The second kappa shape index (κ2) is 17.5. The van der Waals surface area contributed by atoms with Crippen LogP contribution < -0.4 is 10.1 Å². The van der Waals surface area contributed by atoms with Crippen LogP contribution in [0.5, 0.6) is 5.75 Å². The number of aliphatic hydroxyl groups excluding tert-OH is 1. The van der Waals surface area contributed by atoms with Crippen molar-refractivity contribution in [3.63, 3.8) is 0 Å². The second-order valence-corrected chi connectivity index (χ2v) is 12.7. The Kier molecular flexibility index (Phi) is 12.7. The van der Waals surface area contributed by atoms with Gasteiger partial charge in [-0.25, -0.2) is 9.97 Å². The Labute approximate surface area is 288 Å². The molecular weight excluding hydrogens is 616 g/mol. The molecule has 0 aliphatic heterocycles. The van der Waals surface area contributed by atoms with Crippen molar-refractivity contribution in [1.29, 1.82) is 0 Å². The van der Waals surface area contributed by atoms with Crippen LogP contribution in [0.2, 0.25) is 0 Å². The van der Waals surface area contributed by atoms with E-state index in [0.717, 1.165) is 46.8 Å². The first kappa shape index (κ1) is 35.4. The number of methoxy groups -OCH3 is 1. The van der Waals surface area contributed by atoms with Crippen molar-refractivity contribution in [1.82, 2.24) is 14.9 Å². The van der Waals surface area contributed by atoms with Gasteiger partial charge in [-0.2, -0.15) is 0 Å². The largest absolute Gasteiger partial charge is 0.497 e. The molecule has 1 heterocycles. The number of unbranched alkanes of at least 4 members (excludes halogenated alkanes) is 2. The molecule has 0 bridgehead atoms. The fourth-order valence-corrected chi connectivity index (χ4v) is 6.22. The van der Waals surface area contributed by atoms with Gasteiger partial charge in [0, 0.05) is 35.8 Å². The normalized spacial score (nSPS) is 15.0. The molecule has 0 saturated heterocycles. The van der Waals surface area contributed by atoms with Gasteiger partial charge in [0.15, 0.2) is 5.82 Å². The summed E-state index contributed by atoms with van der Waals surface area (Å²) in [5.74, 6) is 0.914. The van der Waals surface area contributed by atoms with E-state index in [0.29, 0.717) is 17.1 Å². The van der Waals surface area contributed by atoms with Crippen LogP contribution in [0.15, 0.2) is 91.3 Å². The van der Waals surface area contributed by atoms with Crippen LogP contribution in [0.1, 0.15) is 80.4 Å². The molecule has 1 aliphatic rings. The number of carbonyl (C=O) groups is 2. The summed E-state index contributed by atoms with van der Waals surface area (Å²) in [6.45, 7) is 2.10. The molecule has 256 valence electrons. The van der Waals surface area contributed by atoms with E-state index in [-0.39, 0.29) is 25.4 Å². The number of hydrogen-bond acceptors (Lipinski definition) is 7. The number of aliphatic hydroxyl groups is 1. The molecule has 1 aromatic heterocycles. The molecule has 4 aromatic rings. The number of allylic oxidation sites excluding steroid dienone is 2. The Morgan fingerprint density at radius 2 is 1.63 bits per heavy atom. The minimum Gasteiger partial charge on any atom is -0.497 e. The number of nitrogens with one attached hydrogen (secondary N) is 1. The van der Waals surface area contributed by atoms with E-state index in [1.807, 2.05) is 60.9 Å². The van der Waals surface area contributed by atoms with E-state index in [1.54, 1.807) is 31.4 Å². The fourth-order valence-electron chi connectivity index (χ4n) is 6.22. The highest BCUT2D eigenvalue weighted by Gasteiger charge is 2.21. The van der Waals surface area contributed by atoms with Gasteiger partial charge in [-0.3, -0.25) is 14.5 Å². The number of amides is 1. The Hall–Kier alpha value is -4.86. The van der Waals surface area contributed by atoms with Gasteiger partial charge in [-0.15, -0.1) is 0 Å². The number of hydrogen-bond donors (Lipinski definition) is 3. The third-order valence-electron chi connectivity index (χ3n) is 9.06. The predicted molar refractivity (Wildman–Crippen MR) is 192 cm³/mol. The van der Waals surface area contributed by atoms with Crippen molar-refractivity contribution in [2.75, 3.05) is 19.0 Å². The number of aromatic nitrogens is 2. The Morgan fingerprint density at radius 3 is 2.24 bits per heavy atom. The number of benzene rings is 3. The molecule has 2 atom stereocenters. The molecule has 0 saturated carbocycles. The lowest BCUT2D eigenvalue weighted by Gasteiger charge is -2.27. The van der Waals surface area contributed by atoms with E-state index in [4.69, 9.17) is 4.74 Å². The van der Waals surface area contributed by atoms with Crippen LogP contribution in [0.3, 0.4) is 0 Å². The maximum absolute atomic E-state index is 12.6. The summed E-state index contributed by atoms with van der Waals surface area (Å²) < 4.78 is 5.16. The van der Waals surface area contributed by atoms with Crippen molar-refractivity contribution < 1.29 is 24.5 Å². The van der Waals surface area contributed by atoms with E-state index < -0.39 is 12.2 Å². The molecule has 0 spiro atoms. The smallest absolute Gasteiger partial charge is 0.317 e. The number of carboxylic acid groups (broad SMARTS) is 1. The third kappa shape index (κ3) is 10.3. The molecule has 9 heteroatoms. The van der Waals surface area contributed by atoms with Crippen LogP contribution in [0.25, 0.3) is 17.0 Å². The van der Waals surface area contributed by atoms with Crippen molar-refractivity contribution in [3.05, 3.63) is 114 Å². The summed E-state index contributed by atoms with van der Waals surface area (Å²) in [4.78, 5) is 35.0. The fraction of sp³-hybridized carbons (Fsp3) is 0.350. The van der Waals surface area contributed by atoms with Crippen LogP contribution in [-0.4, -0.2) is 50.6 Å². The van der Waals surface area contributed by atoms with Gasteiger partial charge in [0.1, 0.15) is 12.0 Å². The maximum atomic E-state index is 12.6. The summed E-state index contributed by atoms with van der Waals surface area (Å²) in [5, 5.41) is 23.6. The third-order valence-corrected chi connectivity index (χ3v) is 9.06. The van der Waals surface area contributed by atoms with E-state index in [2.05, 4.69) is 28.3 Å². The van der Waals surface area contributed by atoms with E-state index in [9.17, 15) is 19.8 Å². The van der Waals surface area contributed by atoms with Gasteiger partial charge < -0.3 is 20.3 Å². The van der Waals surface area contributed by atoms with Crippen LogP contribution in [0.4, 0.5) is 5.69 Å². The van der Waals surface area contributed by atoms with Gasteiger partial charge in [-0.05, 0) is 71.7 Å². The van der Waals surface area contributed by atoms with E-state index in [1.165, 1.54) is 42.6 Å². The Bertz CT molecular complexity index is 1690. The number of rotatable bonds is 16. The first-order chi connectivity index (χ1) is 23.8. The zero-order valence-corrected chi connectivity index (χ0v) is 28.3. The molecule has 0 radical (unpaired) electrons.